The van der Waals surface area contributed by atoms with E-state index in [0.29, 0.717) is 17.7 Å². The molecule has 144 valence electrons. The van der Waals surface area contributed by atoms with Gasteiger partial charge in [0.15, 0.2) is 0 Å². The molecule has 1 saturated carbocycles. The largest absolute Gasteiger partial charge is 0.409 e. The lowest BCUT2D eigenvalue weighted by Crippen LogP contribution is -2.11. The van der Waals surface area contributed by atoms with Crippen LogP contribution in [0.2, 0.25) is 0 Å². The van der Waals surface area contributed by atoms with E-state index in [9.17, 15) is 22.0 Å². The number of hydrogen-bond donors (Lipinski definition) is 0. The van der Waals surface area contributed by atoms with Crippen molar-refractivity contribution in [1.29, 1.82) is 0 Å². The first-order valence-electron chi connectivity index (χ1n) is 8.94. The second-order valence-corrected chi connectivity index (χ2v) is 7.16. The van der Waals surface area contributed by atoms with Crippen molar-refractivity contribution in [2.45, 2.75) is 44.7 Å². The highest BCUT2D eigenvalue weighted by molar-refractivity contribution is 5.63. The number of nitrogens with zero attached hydrogens (tertiary/aromatic N) is 1. The molecule has 2 aromatic rings. The fraction of sp³-hybridized carbons (Fsp3) is 0.381. The topological polar surface area (TPSA) is 12.9 Å². The van der Waals surface area contributed by atoms with Crippen molar-refractivity contribution in [3.63, 3.8) is 0 Å². The highest BCUT2D eigenvalue weighted by Gasteiger charge is 2.23. The molecule has 1 fully saturated rings. The summed E-state index contributed by atoms with van der Waals surface area (Å²) in [4.78, 5) is 4.31. The lowest BCUT2D eigenvalue weighted by molar-refractivity contribution is -0.0790. The standard InChI is InChI=1S/C21H20F5N/c1-13-2-4-14(5-3-13)15-6-7-20(27-12-15)16-10-18(22)17(19(23)11-16)8-9-21(24,25)26/h6-14H,2-5H2,1H3/b9-8+. The Kier molecular flexibility index (Phi) is 5.63. The molecule has 27 heavy (non-hydrogen) atoms. The van der Waals surface area contributed by atoms with Gasteiger partial charge < -0.3 is 0 Å². The SMILES string of the molecule is CC1CCC(c2ccc(-c3cc(F)c(/C=C/C(F)(F)F)c(F)c3)nc2)CC1. The predicted molar refractivity (Wildman–Crippen MR) is 95.1 cm³/mol. The fourth-order valence-electron chi connectivity index (χ4n) is 3.48. The molecule has 0 unspecified atom stereocenters. The van der Waals surface area contributed by atoms with Gasteiger partial charge in [0.2, 0.25) is 0 Å². The Bertz CT molecular complexity index is 792. The molecule has 1 nitrogen and oxygen atoms in total. The summed E-state index contributed by atoms with van der Waals surface area (Å²) in [6.45, 7) is 2.24. The summed E-state index contributed by atoms with van der Waals surface area (Å²) in [5, 5.41) is 0. The first kappa shape index (κ1) is 19.5. The molecule has 0 radical (unpaired) electrons. The van der Waals surface area contributed by atoms with Crippen LogP contribution < -0.4 is 0 Å². The second kappa shape index (κ2) is 7.79. The minimum atomic E-state index is -4.63. The van der Waals surface area contributed by atoms with Crippen molar-refractivity contribution in [3.05, 3.63) is 59.3 Å². The molecular weight excluding hydrogens is 361 g/mol. The molecule has 0 aliphatic heterocycles. The summed E-state index contributed by atoms with van der Waals surface area (Å²) >= 11 is 0. The van der Waals surface area contributed by atoms with Gasteiger partial charge in [-0.25, -0.2) is 8.78 Å². The molecule has 1 aromatic carbocycles. The molecule has 1 aromatic heterocycles. The van der Waals surface area contributed by atoms with E-state index in [0.717, 1.165) is 36.5 Å². The quantitative estimate of drug-likeness (QED) is 0.527. The van der Waals surface area contributed by atoms with Crippen LogP contribution in [0.25, 0.3) is 17.3 Å². The maximum Gasteiger partial charge on any atom is 0.409 e. The molecular formula is C21H20F5N. The van der Waals surface area contributed by atoms with E-state index in [2.05, 4.69) is 11.9 Å². The smallest absolute Gasteiger partial charge is 0.256 e. The van der Waals surface area contributed by atoms with Crippen molar-refractivity contribution in [3.8, 4) is 11.3 Å². The van der Waals surface area contributed by atoms with Crippen molar-refractivity contribution < 1.29 is 22.0 Å². The number of pyridine rings is 1. The van der Waals surface area contributed by atoms with E-state index in [1.807, 2.05) is 6.07 Å². The number of benzene rings is 1. The van der Waals surface area contributed by atoms with Gasteiger partial charge in [-0.1, -0.05) is 25.8 Å². The maximum atomic E-state index is 14.1. The Morgan fingerprint density at radius 2 is 1.63 bits per heavy atom. The van der Waals surface area contributed by atoms with Gasteiger partial charge in [-0.3, -0.25) is 4.98 Å². The molecule has 1 heterocycles. The van der Waals surface area contributed by atoms with Crippen LogP contribution >= 0.6 is 0 Å². The number of hydrogen-bond acceptors (Lipinski definition) is 1. The lowest BCUT2D eigenvalue weighted by Gasteiger charge is -2.26. The van der Waals surface area contributed by atoms with Crippen molar-refractivity contribution in [1.82, 2.24) is 4.98 Å². The summed E-state index contributed by atoms with van der Waals surface area (Å²) in [6.07, 6.45) is 1.86. The highest BCUT2D eigenvalue weighted by Crippen LogP contribution is 2.35. The molecule has 3 rings (SSSR count). The second-order valence-electron chi connectivity index (χ2n) is 7.16. The molecule has 0 bridgehead atoms. The number of halogens is 5. The molecule has 0 saturated heterocycles. The Labute approximate surface area is 154 Å². The number of rotatable bonds is 3. The van der Waals surface area contributed by atoms with Crippen LogP contribution in [0.1, 0.15) is 49.7 Å². The third-order valence-corrected chi connectivity index (χ3v) is 5.09. The monoisotopic (exact) mass is 381 g/mol. The molecule has 6 heteroatoms. The van der Waals surface area contributed by atoms with Gasteiger partial charge in [-0.2, -0.15) is 13.2 Å². The zero-order valence-corrected chi connectivity index (χ0v) is 14.9. The Morgan fingerprint density at radius 3 is 2.15 bits per heavy atom. The van der Waals surface area contributed by atoms with Gasteiger partial charge in [-0.15, -0.1) is 0 Å². The molecule has 0 spiro atoms. The Morgan fingerprint density at radius 1 is 1.00 bits per heavy atom. The Hall–Kier alpha value is -2.24. The average Bonchev–Trinajstić information content (AvgIpc) is 2.61. The third kappa shape index (κ3) is 4.93. The summed E-state index contributed by atoms with van der Waals surface area (Å²) in [5.41, 5.74) is 0.963. The number of alkyl halides is 3. The fourth-order valence-corrected chi connectivity index (χ4v) is 3.48. The van der Waals surface area contributed by atoms with E-state index in [-0.39, 0.29) is 11.6 Å². The Balaban J connectivity index is 1.81. The maximum absolute atomic E-state index is 14.1. The predicted octanol–water partition coefficient (Wildman–Crippen LogP) is 6.90. The van der Waals surface area contributed by atoms with Gasteiger partial charge in [-0.05, 0) is 54.5 Å². The number of allylic oxidation sites excluding steroid dienone is 1. The summed E-state index contributed by atoms with van der Waals surface area (Å²) in [5.74, 6) is -0.925. The van der Waals surface area contributed by atoms with Crippen molar-refractivity contribution in [2.75, 3.05) is 0 Å². The van der Waals surface area contributed by atoms with Gasteiger partial charge >= 0.3 is 6.18 Å². The van der Waals surface area contributed by atoms with Crippen LogP contribution in [0, 0.1) is 17.6 Å². The third-order valence-electron chi connectivity index (χ3n) is 5.09. The highest BCUT2D eigenvalue weighted by atomic mass is 19.4. The molecule has 1 aliphatic rings. The van der Waals surface area contributed by atoms with Crippen LogP contribution in [0.3, 0.4) is 0 Å². The summed E-state index contributed by atoms with van der Waals surface area (Å²) < 4.78 is 64.8. The normalized spacial score (nSPS) is 21.0. The van der Waals surface area contributed by atoms with Gasteiger partial charge in [0.05, 0.1) is 5.69 Å². The van der Waals surface area contributed by atoms with Crippen LogP contribution in [0.5, 0.6) is 0 Å². The average molecular weight is 381 g/mol. The van der Waals surface area contributed by atoms with Crippen LogP contribution in [0.4, 0.5) is 22.0 Å². The zero-order chi connectivity index (χ0) is 19.6. The van der Waals surface area contributed by atoms with Crippen LogP contribution in [-0.2, 0) is 0 Å². The minimum Gasteiger partial charge on any atom is -0.256 e. The molecule has 0 N–H and O–H groups in total. The molecule has 0 amide bonds. The van der Waals surface area contributed by atoms with E-state index in [1.165, 1.54) is 12.8 Å². The van der Waals surface area contributed by atoms with Gasteiger partial charge in [0, 0.05) is 23.4 Å². The summed E-state index contributed by atoms with van der Waals surface area (Å²) in [6, 6.07) is 5.62. The van der Waals surface area contributed by atoms with Crippen molar-refractivity contribution in [2.24, 2.45) is 5.92 Å². The van der Waals surface area contributed by atoms with Crippen LogP contribution in [0.15, 0.2) is 36.5 Å². The van der Waals surface area contributed by atoms with Gasteiger partial charge in [0.25, 0.3) is 0 Å². The molecule has 1 aliphatic carbocycles. The van der Waals surface area contributed by atoms with E-state index < -0.39 is 23.4 Å². The van der Waals surface area contributed by atoms with Gasteiger partial charge in [0.1, 0.15) is 11.6 Å². The van der Waals surface area contributed by atoms with E-state index in [1.54, 1.807) is 12.3 Å². The lowest BCUT2D eigenvalue weighted by atomic mass is 9.80. The molecule has 0 atom stereocenters. The minimum absolute atomic E-state index is 0.188. The number of aromatic nitrogens is 1. The van der Waals surface area contributed by atoms with E-state index in [4.69, 9.17) is 0 Å². The first-order valence-corrected chi connectivity index (χ1v) is 8.94. The van der Waals surface area contributed by atoms with Crippen LogP contribution in [-0.4, -0.2) is 11.2 Å². The summed E-state index contributed by atoms with van der Waals surface area (Å²) in [7, 11) is 0. The van der Waals surface area contributed by atoms with Crippen molar-refractivity contribution >= 4 is 6.08 Å². The first-order chi connectivity index (χ1) is 12.7. The van der Waals surface area contributed by atoms with E-state index >= 15 is 0 Å². The zero-order valence-electron chi connectivity index (χ0n) is 14.9.